The van der Waals surface area contributed by atoms with Gasteiger partial charge in [0, 0.05) is 18.7 Å². The minimum atomic E-state index is -0.315. The van der Waals surface area contributed by atoms with Gasteiger partial charge in [0.1, 0.15) is 5.82 Å². The molecule has 3 heterocycles. The second-order valence-corrected chi connectivity index (χ2v) is 7.38. The molecule has 4 rings (SSSR count). The van der Waals surface area contributed by atoms with Gasteiger partial charge in [0.15, 0.2) is 11.6 Å². The summed E-state index contributed by atoms with van der Waals surface area (Å²) < 4.78 is 19.9. The lowest BCUT2D eigenvalue weighted by molar-refractivity contribution is 0.0950. The lowest BCUT2D eigenvalue weighted by atomic mass is 10.2. The van der Waals surface area contributed by atoms with E-state index in [1.807, 2.05) is 19.9 Å². The number of aromatic nitrogens is 5. The van der Waals surface area contributed by atoms with Gasteiger partial charge in [0.2, 0.25) is 0 Å². The zero-order chi connectivity index (χ0) is 22.0. The molecule has 31 heavy (non-hydrogen) atoms. The number of amides is 1. The van der Waals surface area contributed by atoms with Crippen LogP contribution in [0.4, 0.5) is 4.39 Å². The standard InChI is InChI=1S/C22H21FN6O2/c1-13(2)20-27-22(31-28-20)16-6-9-19(24-11-16)29-14(3)18(12-26-29)21(30)25-10-15-4-7-17(23)8-5-15/h4-9,11-13H,10H2,1-3H3,(H,25,30). The number of rotatable bonds is 6. The van der Waals surface area contributed by atoms with E-state index in [4.69, 9.17) is 4.52 Å². The first kappa shape index (κ1) is 20.4. The molecule has 1 N–H and O–H groups in total. The molecule has 4 aromatic rings. The molecule has 0 bridgehead atoms. The van der Waals surface area contributed by atoms with Crippen molar-refractivity contribution in [1.29, 1.82) is 0 Å². The fourth-order valence-electron chi connectivity index (χ4n) is 2.97. The number of halogens is 1. The van der Waals surface area contributed by atoms with Crippen LogP contribution in [0.3, 0.4) is 0 Å². The van der Waals surface area contributed by atoms with Crippen LogP contribution in [0, 0.1) is 12.7 Å². The average molecular weight is 420 g/mol. The largest absolute Gasteiger partial charge is 0.348 e. The molecule has 0 aliphatic rings. The van der Waals surface area contributed by atoms with Gasteiger partial charge in [-0.15, -0.1) is 0 Å². The minimum absolute atomic E-state index is 0.170. The molecule has 3 aromatic heterocycles. The van der Waals surface area contributed by atoms with Gasteiger partial charge in [-0.1, -0.05) is 31.1 Å². The van der Waals surface area contributed by atoms with Gasteiger partial charge in [-0.05, 0) is 36.8 Å². The van der Waals surface area contributed by atoms with Crippen LogP contribution in [-0.2, 0) is 6.54 Å². The van der Waals surface area contributed by atoms with Gasteiger partial charge in [-0.25, -0.2) is 14.1 Å². The van der Waals surface area contributed by atoms with Crippen LogP contribution in [0.5, 0.6) is 0 Å². The molecule has 0 fully saturated rings. The monoisotopic (exact) mass is 420 g/mol. The van der Waals surface area contributed by atoms with Crippen LogP contribution in [0.25, 0.3) is 17.3 Å². The number of nitrogens with one attached hydrogen (secondary N) is 1. The van der Waals surface area contributed by atoms with E-state index in [9.17, 15) is 9.18 Å². The predicted octanol–water partition coefficient (Wildman–Crippen LogP) is 3.82. The quantitative estimate of drug-likeness (QED) is 0.509. The second kappa shape index (κ2) is 8.47. The SMILES string of the molecule is Cc1c(C(=O)NCc2ccc(F)cc2)cnn1-c1ccc(-c2nc(C(C)C)no2)cn1. The summed E-state index contributed by atoms with van der Waals surface area (Å²) in [5.41, 5.74) is 2.59. The minimum Gasteiger partial charge on any atom is -0.348 e. The maximum Gasteiger partial charge on any atom is 0.259 e. The van der Waals surface area contributed by atoms with Crippen molar-refractivity contribution in [1.82, 2.24) is 30.2 Å². The number of nitrogens with zero attached hydrogens (tertiary/aromatic N) is 5. The molecule has 0 radical (unpaired) electrons. The number of hydrogen-bond donors (Lipinski definition) is 1. The lowest BCUT2D eigenvalue weighted by Gasteiger charge is -2.07. The zero-order valence-electron chi connectivity index (χ0n) is 17.3. The summed E-state index contributed by atoms with van der Waals surface area (Å²) in [5.74, 6) is 1.19. The van der Waals surface area contributed by atoms with Crippen LogP contribution < -0.4 is 5.32 Å². The summed E-state index contributed by atoms with van der Waals surface area (Å²) in [7, 11) is 0. The highest BCUT2D eigenvalue weighted by Crippen LogP contribution is 2.21. The van der Waals surface area contributed by atoms with E-state index in [0.717, 1.165) is 5.56 Å². The normalized spacial score (nSPS) is 11.1. The lowest BCUT2D eigenvalue weighted by Crippen LogP contribution is -2.23. The fraction of sp³-hybridized carbons (Fsp3) is 0.227. The van der Waals surface area contributed by atoms with Crippen LogP contribution in [0.2, 0.25) is 0 Å². The molecule has 0 aliphatic carbocycles. The maximum atomic E-state index is 13.0. The van der Waals surface area contributed by atoms with Crippen LogP contribution in [0.1, 0.15) is 47.2 Å². The van der Waals surface area contributed by atoms with E-state index in [-0.39, 0.29) is 17.6 Å². The Kier molecular flexibility index (Phi) is 5.57. The van der Waals surface area contributed by atoms with Gasteiger partial charge >= 0.3 is 0 Å². The van der Waals surface area contributed by atoms with Gasteiger partial charge in [-0.2, -0.15) is 10.1 Å². The second-order valence-electron chi connectivity index (χ2n) is 7.38. The molecule has 8 nitrogen and oxygen atoms in total. The Morgan fingerprint density at radius 1 is 1.16 bits per heavy atom. The van der Waals surface area contributed by atoms with Crippen molar-refractivity contribution in [2.75, 3.05) is 0 Å². The van der Waals surface area contributed by atoms with Crippen molar-refractivity contribution in [2.24, 2.45) is 0 Å². The van der Waals surface area contributed by atoms with E-state index < -0.39 is 0 Å². The predicted molar refractivity (Wildman–Crippen MR) is 111 cm³/mol. The molecule has 0 aliphatic heterocycles. The molecule has 0 saturated carbocycles. The van der Waals surface area contributed by atoms with Gasteiger partial charge < -0.3 is 9.84 Å². The molecule has 9 heteroatoms. The van der Waals surface area contributed by atoms with E-state index in [1.165, 1.54) is 18.3 Å². The van der Waals surface area contributed by atoms with Crippen LogP contribution in [-0.4, -0.2) is 30.8 Å². The molecule has 0 saturated heterocycles. The summed E-state index contributed by atoms with van der Waals surface area (Å²) in [6.45, 7) is 6.06. The Bertz CT molecular complexity index is 1200. The number of benzene rings is 1. The third kappa shape index (κ3) is 4.35. The smallest absolute Gasteiger partial charge is 0.259 e. The number of carbonyl (C=O) groups excluding carboxylic acids is 1. The summed E-state index contributed by atoms with van der Waals surface area (Å²) in [5, 5.41) is 11.1. The Morgan fingerprint density at radius 3 is 2.58 bits per heavy atom. The highest BCUT2D eigenvalue weighted by atomic mass is 19.1. The molecule has 0 atom stereocenters. The molecular formula is C22H21FN6O2. The van der Waals surface area contributed by atoms with E-state index >= 15 is 0 Å². The van der Waals surface area contributed by atoms with Crippen molar-refractivity contribution in [3.05, 3.63) is 77.3 Å². The van der Waals surface area contributed by atoms with E-state index in [0.29, 0.717) is 40.9 Å². The Balaban J connectivity index is 1.48. The first-order valence-electron chi connectivity index (χ1n) is 9.80. The topological polar surface area (TPSA) is 98.7 Å². The molecule has 1 amide bonds. The molecule has 1 aromatic carbocycles. The third-order valence-corrected chi connectivity index (χ3v) is 4.79. The van der Waals surface area contributed by atoms with Gasteiger partial charge in [0.25, 0.3) is 11.8 Å². The van der Waals surface area contributed by atoms with Crippen molar-refractivity contribution >= 4 is 5.91 Å². The third-order valence-electron chi connectivity index (χ3n) is 4.79. The first-order chi connectivity index (χ1) is 14.9. The molecule has 0 spiro atoms. The van der Waals surface area contributed by atoms with E-state index in [2.05, 4.69) is 25.5 Å². The van der Waals surface area contributed by atoms with Crippen molar-refractivity contribution in [3.63, 3.8) is 0 Å². The summed E-state index contributed by atoms with van der Waals surface area (Å²) in [4.78, 5) is 21.3. The van der Waals surface area contributed by atoms with E-state index in [1.54, 1.807) is 36.0 Å². The Morgan fingerprint density at radius 2 is 1.94 bits per heavy atom. The summed E-state index contributed by atoms with van der Waals surface area (Å²) in [6.07, 6.45) is 3.13. The van der Waals surface area contributed by atoms with Gasteiger partial charge in [-0.3, -0.25) is 4.79 Å². The number of pyridine rings is 1. The summed E-state index contributed by atoms with van der Waals surface area (Å²) >= 11 is 0. The van der Waals surface area contributed by atoms with Crippen molar-refractivity contribution in [2.45, 2.75) is 33.2 Å². The Hall–Kier alpha value is -3.88. The fourth-order valence-corrected chi connectivity index (χ4v) is 2.97. The van der Waals surface area contributed by atoms with Gasteiger partial charge in [0.05, 0.1) is 23.0 Å². The highest BCUT2D eigenvalue weighted by Gasteiger charge is 2.17. The highest BCUT2D eigenvalue weighted by molar-refractivity contribution is 5.95. The van der Waals surface area contributed by atoms with Crippen LogP contribution in [0.15, 0.2) is 53.3 Å². The Labute approximate surface area is 178 Å². The average Bonchev–Trinajstić information content (AvgIpc) is 3.41. The number of carbonyl (C=O) groups is 1. The van der Waals surface area contributed by atoms with Crippen molar-refractivity contribution in [3.8, 4) is 17.3 Å². The zero-order valence-corrected chi connectivity index (χ0v) is 17.3. The molecule has 0 unspecified atom stereocenters. The van der Waals surface area contributed by atoms with Crippen molar-refractivity contribution < 1.29 is 13.7 Å². The molecule has 158 valence electrons. The maximum absolute atomic E-state index is 13.0. The molecular weight excluding hydrogens is 399 g/mol. The first-order valence-corrected chi connectivity index (χ1v) is 9.80. The van der Waals surface area contributed by atoms with Crippen LogP contribution >= 0.6 is 0 Å². The number of hydrogen-bond acceptors (Lipinski definition) is 6. The summed E-state index contributed by atoms with van der Waals surface area (Å²) in [6, 6.07) is 9.57.